The number of nitrogens with zero attached hydrogens (tertiary/aromatic N) is 4. The van der Waals surface area contributed by atoms with Gasteiger partial charge in [0.05, 0.1) is 11.5 Å². The van der Waals surface area contributed by atoms with Crippen LogP contribution in [-0.2, 0) is 0 Å². The fraction of sp³-hybridized carbons (Fsp3) is 0.182. The van der Waals surface area contributed by atoms with Gasteiger partial charge in [-0.15, -0.1) is 0 Å². The van der Waals surface area contributed by atoms with Crippen LogP contribution >= 0.6 is 0 Å². The van der Waals surface area contributed by atoms with Crippen molar-refractivity contribution in [3.8, 4) is 11.6 Å². The minimum absolute atomic E-state index is 0.185. The molecule has 104 valence electrons. The normalized spacial score (nSPS) is 10.2. The first-order valence-electron chi connectivity index (χ1n) is 5.60. The van der Waals surface area contributed by atoms with Crippen molar-refractivity contribution in [2.75, 3.05) is 6.61 Å². The molecule has 0 amide bonds. The van der Waals surface area contributed by atoms with Crippen LogP contribution in [0.1, 0.15) is 17.4 Å². The number of aromatic nitrogens is 3. The molecule has 0 radical (unpaired) electrons. The number of pyridine rings is 1. The molecule has 0 atom stereocenters. The third-order valence-corrected chi connectivity index (χ3v) is 2.36. The van der Waals surface area contributed by atoms with E-state index in [0.717, 1.165) is 10.9 Å². The second-order valence-electron chi connectivity index (χ2n) is 3.63. The maximum atomic E-state index is 10.9. The zero-order valence-electron chi connectivity index (χ0n) is 10.4. The van der Waals surface area contributed by atoms with Crippen molar-refractivity contribution >= 4 is 11.7 Å². The van der Waals surface area contributed by atoms with Gasteiger partial charge in [0, 0.05) is 6.20 Å². The third kappa shape index (κ3) is 2.41. The van der Waals surface area contributed by atoms with Crippen LogP contribution in [0.3, 0.4) is 0 Å². The van der Waals surface area contributed by atoms with Crippen molar-refractivity contribution in [1.82, 2.24) is 14.8 Å². The number of rotatable bonds is 5. The zero-order chi connectivity index (χ0) is 14.7. The molecule has 2 rings (SSSR count). The van der Waals surface area contributed by atoms with Crippen molar-refractivity contribution in [2.24, 2.45) is 0 Å². The molecule has 0 bridgehead atoms. The molecule has 0 aliphatic heterocycles. The van der Waals surface area contributed by atoms with Gasteiger partial charge in [-0.3, -0.25) is 10.1 Å². The summed E-state index contributed by atoms with van der Waals surface area (Å²) >= 11 is 0. The smallest absolute Gasteiger partial charge is 0.363 e. The van der Waals surface area contributed by atoms with Crippen molar-refractivity contribution in [1.29, 1.82) is 0 Å². The fourth-order valence-electron chi connectivity index (χ4n) is 1.58. The number of hydrogen-bond acceptors (Lipinski definition) is 6. The van der Waals surface area contributed by atoms with Crippen molar-refractivity contribution in [3.05, 3.63) is 40.3 Å². The molecule has 2 aromatic rings. The molecule has 2 heterocycles. The lowest BCUT2D eigenvalue weighted by atomic mass is 10.4. The summed E-state index contributed by atoms with van der Waals surface area (Å²) in [6, 6.07) is 3.24. The molecule has 9 heteroatoms. The fourth-order valence-corrected chi connectivity index (χ4v) is 1.58. The van der Waals surface area contributed by atoms with E-state index in [0.29, 0.717) is 12.4 Å². The Kier molecular flexibility index (Phi) is 3.60. The Morgan fingerprint density at radius 2 is 2.35 bits per heavy atom. The summed E-state index contributed by atoms with van der Waals surface area (Å²) in [6.45, 7) is 2.14. The summed E-state index contributed by atoms with van der Waals surface area (Å²) in [5.41, 5.74) is -1.26. The quantitative estimate of drug-likeness (QED) is 0.645. The highest BCUT2D eigenvalue weighted by Gasteiger charge is 2.26. The number of nitro groups is 1. The average Bonchev–Trinajstić information content (AvgIpc) is 2.85. The lowest BCUT2D eigenvalue weighted by Crippen LogP contribution is -2.05. The number of aromatic carboxylic acids is 1. The third-order valence-electron chi connectivity index (χ3n) is 2.36. The number of ether oxygens (including phenoxy) is 1. The molecule has 0 unspecified atom stereocenters. The van der Waals surface area contributed by atoms with E-state index in [1.807, 2.05) is 0 Å². The van der Waals surface area contributed by atoms with E-state index in [1.54, 1.807) is 19.1 Å². The van der Waals surface area contributed by atoms with Crippen molar-refractivity contribution in [2.45, 2.75) is 6.92 Å². The standard InChI is InChI=1S/C11H10N4O5/c1-2-20-8-4-3-5-12-10(8)14-6-7(15(18)19)9(13-14)11(16)17/h3-6H,2H2,1H3,(H,16,17). The molecule has 0 aliphatic carbocycles. The van der Waals surface area contributed by atoms with Crippen LogP contribution in [0.25, 0.3) is 5.82 Å². The highest BCUT2D eigenvalue weighted by Crippen LogP contribution is 2.24. The van der Waals surface area contributed by atoms with E-state index < -0.39 is 22.3 Å². The lowest BCUT2D eigenvalue weighted by Gasteiger charge is -2.07. The first kappa shape index (κ1) is 13.5. The Morgan fingerprint density at radius 1 is 1.60 bits per heavy atom. The molecule has 0 fully saturated rings. The van der Waals surface area contributed by atoms with Crippen molar-refractivity contribution < 1.29 is 19.6 Å². The predicted molar refractivity (Wildman–Crippen MR) is 66.1 cm³/mol. The maximum absolute atomic E-state index is 10.9. The van der Waals surface area contributed by atoms with E-state index in [-0.39, 0.29) is 5.82 Å². The van der Waals surface area contributed by atoms with Gasteiger partial charge in [0.1, 0.15) is 6.20 Å². The van der Waals surface area contributed by atoms with Crippen LogP contribution in [0, 0.1) is 10.1 Å². The monoisotopic (exact) mass is 278 g/mol. The van der Waals surface area contributed by atoms with Crippen LogP contribution in [0.4, 0.5) is 5.69 Å². The van der Waals surface area contributed by atoms with E-state index >= 15 is 0 Å². The number of hydrogen-bond donors (Lipinski definition) is 1. The summed E-state index contributed by atoms with van der Waals surface area (Å²) in [4.78, 5) is 25.0. The van der Waals surface area contributed by atoms with E-state index in [2.05, 4.69) is 10.1 Å². The van der Waals surface area contributed by atoms with Gasteiger partial charge in [0.15, 0.2) is 11.6 Å². The summed E-state index contributed by atoms with van der Waals surface area (Å²) in [7, 11) is 0. The summed E-state index contributed by atoms with van der Waals surface area (Å²) in [5, 5.41) is 23.4. The van der Waals surface area contributed by atoms with Gasteiger partial charge in [-0.2, -0.15) is 5.10 Å². The van der Waals surface area contributed by atoms with E-state index in [9.17, 15) is 14.9 Å². The highest BCUT2D eigenvalue weighted by atomic mass is 16.6. The first-order valence-corrected chi connectivity index (χ1v) is 5.60. The Labute approximate surface area is 112 Å². The molecule has 0 aromatic carbocycles. The number of carbonyl (C=O) groups is 1. The Balaban J connectivity index is 2.56. The number of carboxylic acids is 1. The molecule has 0 aliphatic rings. The van der Waals surface area contributed by atoms with Crippen LogP contribution < -0.4 is 4.74 Å². The highest BCUT2D eigenvalue weighted by molar-refractivity contribution is 5.89. The summed E-state index contributed by atoms with van der Waals surface area (Å²) in [5.74, 6) is -0.946. The van der Waals surface area contributed by atoms with Gasteiger partial charge in [-0.25, -0.2) is 14.5 Å². The van der Waals surface area contributed by atoms with Gasteiger partial charge in [-0.05, 0) is 19.1 Å². The van der Waals surface area contributed by atoms with Crippen molar-refractivity contribution in [3.63, 3.8) is 0 Å². The van der Waals surface area contributed by atoms with E-state index in [4.69, 9.17) is 9.84 Å². The zero-order valence-corrected chi connectivity index (χ0v) is 10.4. The number of carboxylic acid groups (broad SMARTS) is 1. The maximum Gasteiger partial charge on any atom is 0.363 e. The topological polar surface area (TPSA) is 120 Å². The van der Waals surface area contributed by atoms with Crippen LogP contribution in [-0.4, -0.2) is 37.4 Å². The summed E-state index contributed by atoms with van der Waals surface area (Å²) in [6.07, 6.45) is 2.44. The van der Waals surface area contributed by atoms with Gasteiger partial charge in [-0.1, -0.05) is 0 Å². The largest absolute Gasteiger partial charge is 0.490 e. The molecular weight excluding hydrogens is 268 g/mol. The van der Waals surface area contributed by atoms with Gasteiger partial charge < -0.3 is 9.84 Å². The summed E-state index contributed by atoms with van der Waals surface area (Å²) < 4.78 is 6.34. The molecule has 0 spiro atoms. The average molecular weight is 278 g/mol. The second kappa shape index (κ2) is 5.34. The van der Waals surface area contributed by atoms with Crippen LogP contribution in [0.2, 0.25) is 0 Å². The molecule has 20 heavy (non-hydrogen) atoms. The first-order chi connectivity index (χ1) is 9.54. The predicted octanol–water partition coefficient (Wildman–Crippen LogP) is 1.27. The minimum atomic E-state index is -1.48. The van der Waals surface area contributed by atoms with Gasteiger partial charge in [0.2, 0.25) is 5.69 Å². The van der Waals surface area contributed by atoms with Gasteiger partial charge >= 0.3 is 11.7 Å². The molecule has 9 nitrogen and oxygen atoms in total. The molecule has 2 aromatic heterocycles. The Bertz CT molecular complexity index is 635. The SMILES string of the molecule is CCOc1cccnc1-n1cc([N+](=O)[O-])c(C(=O)O)n1. The Morgan fingerprint density at radius 3 is 2.90 bits per heavy atom. The molecule has 0 saturated heterocycles. The minimum Gasteiger partial charge on any atom is -0.490 e. The van der Waals surface area contributed by atoms with Crippen LogP contribution in [0.5, 0.6) is 5.75 Å². The Hall–Kier alpha value is -2.97. The lowest BCUT2D eigenvalue weighted by molar-refractivity contribution is -0.385. The molecule has 0 saturated carbocycles. The molecule has 1 N–H and O–H groups in total. The van der Waals surface area contributed by atoms with E-state index in [1.165, 1.54) is 6.20 Å². The molecular formula is C11H10N4O5. The van der Waals surface area contributed by atoms with Crippen LogP contribution in [0.15, 0.2) is 24.5 Å². The second-order valence-corrected chi connectivity index (χ2v) is 3.63. The van der Waals surface area contributed by atoms with Gasteiger partial charge in [0.25, 0.3) is 0 Å².